The SMILES string of the molecule is COCCCC(N)C(=O)NC(CO)C(=O)O. The molecule has 0 spiro atoms. The monoisotopic (exact) mass is 234 g/mol. The van der Waals surface area contributed by atoms with Crippen molar-refractivity contribution in [3.05, 3.63) is 0 Å². The molecule has 0 aliphatic heterocycles. The van der Waals surface area contributed by atoms with E-state index >= 15 is 0 Å². The lowest BCUT2D eigenvalue weighted by atomic mass is 10.1. The number of nitrogens with two attached hydrogens (primary N) is 1. The molecule has 1 amide bonds. The van der Waals surface area contributed by atoms with Gasteiger partial charge in [-0.1, -0.05) is 0 Å². The van der Waals surface area contributed by atoms with Crippen LogP contribution in [0.2, 0.25) is 0 Å². The molecule has 0 aromatic carbocycles. The van der Waals surface area contributed by atoms with Crippen LogP contribution < -0.4 is 11.1 Å². The second-order valence-electron chi connectivity index (χ2n) is 3.32. The Labute approximate surface area is 93.6 Å². The molecule has 0 radical (unpaired) electrons. The van der Waals surface area contributed by atoms with Crippen molar-refractivity contribution in [2.24, 2.45) is 5.73 Å². The molecule has 0 aliphatic carbocycles. The zero-order valence-corrected chi connectivity index (χ0v) is 9.18. The number of amides is 1. The van der Waals surface area contributed by atoms with E-state index in [0.29, 0.717) is 19.4 Å². The van der Waals surface area contributed by atoms with E-state index in [9.17, 15) is 9.59 Å². The van der Waals surface area contributed by atoms with E-state index in [-0.39, 0.29) is 0 Å². The molecule has 7 nitrogen and oxygen atoms in total. The Balaban J connectivity index is 3.98. The lowest BCUT2D eigenvalue weighted by molar-refractivity contribution is -0.143. The van der Waals surface area contributed by atoms with E-state index < -0.39 is 30.6 Å². The molecule has 94 valence electrons. The van der Waals surface area contributed by atoms with Crippen LogP contribution in [0.5, 0.6) is 0 Å². The third-order valence-electron chi connectivity index (χ3n) is 2.00. The Bertz CT molecular complexity index is 234. The summed E-state index contributed by atoms with van der Waals surface area (Å²) in [5.41, 5.74) is 5.52. The third kappa shape index (κ3) is 5.64. The lowest BCUT2D eigenvalue weighted by Crippen LogP contribution is -2.50. The van der Waals surface area contributed by atoms with Gasteiger partial charge in [0.15, 0.2) is 0 Å². The number of nitrogens with one attached hydrogen (secondary N) is 1. The van der Waals surface area contributed by atoms with Gasteiger partial charge in [-0.25, -0.2) is 4.79 Å². The molecule has 0 aliphatic rings. The van der Waals surface area contributed by atoms with Crippen LogP contribution in [0.3, 0.4) is 0 Å². The Morgan fingerprint density at radius 2 is 2.12 bits per heavy atom. The molecule has 0 rings (SSSR count). The number of aliphatic carboxylic acids is 1. The van der Waals surface area contributed by atoms with Gasteiger partial charge in [0, 0.05) is 13.7 Å². The second-order valence-corrected chi connectivity index (χ2v) is 3.32. The minimum absolute atomic E-state index is 0.400. The number of ether oxygens (including phenoxy) is 1. The zero-order chi connectivity index (χ0) is 12.6. The molecule has 7 heteroatoms. The van der Waals surface area contributed by atoms with Gasteiger partial charge in [0.2, 0.25) is 5.91 Å². The summed E-state index contributed by atoms with van der Waals surface area (Å²) in [6.07, 6.45) is 1.01. The standard InChI is InChI=1S/C9H18N2O5/c1-16-4-2-3-6(10)8(13)11-7(5-12)9(14)15/h6-7,12H,2-5,10H2,1H3,(H,11,13)(H,14,15). The molecule has 5 N–H and O–H groups in total. The van der Waals surface area contributed by atoms with Crippen LogP contribution in [0.15, 0.2) is 0 Å². The van der Waals surface area contributed by atoms with Gasteiger partial charge < -0.3 is 26.0 Å². The maximum atomic E-state index is 11.4. The highest BCUT2D eigenvalue weighted by Gasteiger charge is 2.21. The first-order chi connectivity index (χ1) is 7.52. The van der Waals surface area contributed by atoms with E-state index in [1.165, 1.54) is 7.11 Å². The first-order valence-corrected chi connectivity index (χ1v) is 4.91. The number of carbonyl (C=O) groups excluding carboxylic acids is 1. The number of aliphatic hydroxyl groups is 1. The highest BCUT2D eigenvalue weighted by atomic mass is 16.5. The number of carboxylic acids is 1. The molecular weight excluding hydrogens is 216 g/mol. The second kappa shape index (κ2) is 8.03. The van der Waals surface area contributed by atoms with Gasteiger partial charge in [-0.3, -0.25) is 4.79 Å². The molecule has 16 heavy (non-hydrogen) atoms. The third-order valence-corrected chi connectivity index (χ3v) is 2.00. The average Bonchev–Trinajstić information content (AvgIpc) is 2.25. The summed E-state index contributed by atoms with van der Waals surface area (Å²) in [4.78, 5) is 21.9. The Hall–Kier alpha value is -1.18. The van der Waals surface area contributed by atoms with Gasteiger partial charge >= 0.3 is 5.97 Å². The topological polar surface area (TPSA) is 122 Å². The van der Waals surface area contributed by atoms with Crippen LogP contribution in [0.1, 0.15) is 12.8 Å². The van der Waals surface area contributed by atoms with Crippen LogP contribution in [0.25, 0.3) is 0 Å². The van der Waals surface area contributed by atoms with E-state index in [1.807, 2.05) is 0 Å². The predicted octanol–water partition coefficient (Wildman–Crippen LogP) is -1.70. The van der Waals surface area contributed by atoms with Crippen LogP contribution in [0.4, 0.5) is 0 Å². The Morgan fingerprint density at radius 1 is 1.50 bits per heavy atom. The molecular formula is C9H18N2O5. The van der Waals surface area contributed by atoms with Crippen molar-refractivity contribution < 1.29 is 24.5 Å². The molecule has 2 atom stereocenters. The van der Waals surface area contributed by atoms with E-state index in [0.717, 1.165) is 0 Å². The Morgan fingerprint density at radius 3 is 2.56 bits per heavy atom. The van der Waals surface area contributed by atoms with Crippen LogP contribution in [-0.4, -0.2) is 54.5 Å². The van der Waals surface area contributed by atoms with Crippen molar-refractivity contribution >= 4 is 11.9 Å². The fourth-order valence-electron chi connectivity index (χ4n) is 1.04. The zero-order valence-electron chi connectivity index (χ0n) is 9.18. The van der Waals surface area contributed by atoms with Gasteiger partial charge in [0.1, 0.15) is 6.04 Å². The smallest absolute Gasteiger partial charge is 0.328 e. The highest BCUT2D eigenvalue weighted by molar-refractivity contribution is 5.86. The fourth-order valence-corrected chi connectivity index (χ4v) is 1.04. The quantitative estimate of drug-likeness (QED) is 0.371. The lowest BCUT2D eigenvalue weighted by Gasteiger charge is -2.15. The van der Waals surface area contributed by atoms with Crippen molar-refractivity contribution in [1.82, 2.24) is 5.32 Å². The van der Waals surface area contributed by atoms with Crippen LogP contribution >= 0.6 is 0 Å². The molecule has 0 heterocycles. The summed E-state index contributed by atoms with van der Waals surface area (Å²) >= 11 is 0. The summed E-state index contributed by atoms with van der Waals surface area (Å²) in [6, 6.07) is -2.09. The van der Waals surface area contributed by atoms with Gasteiger partial charge in [0.25, 0.3) is 0 Å². The molecule has 0 aromatic rings. The molecule has 2 unspecified atom stereocenters. The van der Waals surface area contributed by atoms with E-state index in [1.54, 1.807) is 0 Å². The van der Waals surface area contributed by atoms with Crippen molar-refractivity contribution in [3.8, 4) is 0 Å². The number of aliphatic hydroxyl groups excluding tert-OH is 1. The number of hydrogen-bond acceptors (Lipinski definition) is 5. The van der Waals surface area contributed by atoms with E-state index in [4.69, 9.17) is 20.7 Å². The predicted molar refractivity (Wildman–Crippen MR) is 55.7 cm³/mol. The van der Waals surface area contributed by atoms with Crippen LogP contribution in [-0.2, 0) is 14.3 Å². The normalized spacial score (nSPS) is 14.2. The van der Waals surface area contributed by atoms with Gasteiger partial charge in [-0.05, 0) is 12.8 Å². The first kappa shape index (κ1) is 14.8. The van der Waals surface area contributed by atoms with Crippen LogP contribution in [0, 0.1) is 0 Å². The first-order valence-electron chi connectivity index (χ1n) is 4.91. The van der Waals surface area contributed by atoms with Crippen molar-refractivity contribution in [2.45, 2.75) is 24.9 Å². The number of carbonyl (C=O) groups is 2. The minimum atomic E-state index is -1.30. The van der Waals surface area contributed by atoms with Gasteiger partial charge in [-0.15, -0.1) is 0 Å². The van der Waals surface area contributed by atoms with Crippen molar-refractivity contribution in [1.29, 1.82) is 0 Å². The molecule has 0 saturated heterocycles. The number of carboxylic acid groups (broad SMARTS) is 1. The number of rotatable bonds is 8. The summed E-state index contributed by atoms with van der Waals surface area (Å²) < 4.78 is 4.79. The highest BCUT2D eigenvalue weighted by Crippen LogP contribution is 1.96. The van der Waals surface area contributed by atoms with Gasteiger partial charge in [0.05, 0.1) is 12.6 Å². The summed E-state index contributed by atoms with van der Waals surface area (Å²) in [5, 5.41) is 19.4. The van der Waals surface area contributed by atoms with Gasteiger partial charge in [-0.2, -0.15) is 0 Å². The number of methoxy groups -OCH3 is 1. The summed E-state index contributed by atoms with van der Waals surface area (Å²) in [7, 11) is 1.54. The molecule has 0 saturated carbocycles. The average molecular weight is 234 g/mol. The maximum absolute atomic E-state index is 11.4. The maximum Gasteiger partial charge on any atom is 0.328 e. The minimum Gasteiger partial charge on any atom is -0.480 e. The summed E-state index contributed by atoms with van der Waals surface area (Å²) in [6.45, 7) is -0.171. The largest absolute Gasteiger partial charge is 0.480 e. The van der Waals surface area contributed by atoms with Crippen molar-refractivity contribution in [2.75, 3.05) is 20.3 Å². The number of hydrogen-bond donors (Lipinski definition) is 4. The fraction of sp³-hybridized carbons (Fsp3) is 0.778. The summed E-state index contributed by atoms with van der Waals surface area (Å²) in [5.74, 6) is -1.88. The van der Waals surface area contributed by atoms with Crippen molar-refractivity contribution in [3.63, 3.8) is 0 Å². The molecule has 0 aromatic heterocycles. The Kier molecular flexibility index (Phi) is 7.44. The molecule has 0 fully saturated rings. The molecule has 0 bridgehead atoms. The van der Waals surface area contributed by atoms with E-state index in [2.05, 4.69) is 5.32 Å².